The summed E-state index contributed by atoms with van der Waals surface area (Å²) in [6.45, 7) is 0.425. The van der Waals surface area contributed by atoms with E-state index >= 15 is 0 Å². The van der Waals surface area contributed by atoms with Crippen LogP contribution in [0.25, 0.3) is 0 Å². The fourth-order valence-electron chi connectivity index (χ4n) is 1.83. The molecule has 0 saturated carbocycles. The van der Waals surface area contributed by atoms with E-state index in [2.05, 4.69) is 10.6 Å². The van der Waals surface area contributed by atoms with Crippen molar-refractivity contribution in [2.45, 2.75) is 6.54 Å². The Hall–Kier alpha value is -2.07. The van der Waals surface area contributed by atoms with Gasteiger partial charge in [-0.15, -0.1) is 0 Å². The zero-order chi connectivity index (χ0) is 14.5. The molecule has 20 heavy (non-hydrogen) atoms. The second-order valence-electron chi connectivity index (χ2n) is 4.29. The Kier molecular flexibility index (Phi) is 4.58. The van der Waals surface area contributed by atoms with Gasteiger partial charge >= 0.3 is 0 Å². The number of hydrogen-bond acceptors (Lipinski definition) is 2. The normalized spacial score (nSPS) is 10.2. The monoisotopic (exact) mass is 292 g/mol. The van der Waals surface area contributed by atoms with E-state index < -0.39 is 0 Å². The highest BCUT2D eigenvalue weighted by Gasteiger charge is 2.04. The summed E-state index contributed by atoms with van der Waals surface area (Å²) in [5.41, 5.74) is 2.08. The Morgan fingerprint density at radius 3 is 2.75 bits per heavy atom. The number of benzene rings is 2. The molecule has 0 aliphatic carbocycles. The van der Waals surface area contributed by atoms with Gasteiger partial charge in [0.25, 0.3) is 5.91 Å². The SMILES string of the molecule is CNC(=O)c1cccc(NCc2cc(F)cc(Cl)c2)c1. The van der Waals surface area contributed by atoms with E-state index in [1.165, 1.54) is 12.1 Å². The summed E-state index contributed by atoms with van der Waals surface area (Å²) in [6, 6.07) is 11.5. The number of halogens is 2. The summed E-state index contributed by atoms with van der Waals surface area (Å²) < 4.78 is 13.2. The third-order valence-corrected chi connectivity index (χ3v) is 2.99. The molecule has 2 aromatic carbocycles. The van der Waals surface area contributed by atoms with Gasteiger partial charge in [0, 0.05) is 29.9 Å². The van der Waals surface area contributed by atoms with Crippen LogP contribution >= 0.6 is 11.6 Å². The molecule has 0 fully saturated rings. The summed E-state index contributed by atoms with van der Waals surface area (Å²) in [6.07, 6.45) is 0. The number of carbonyl (C=O) groups is 1. The first kappa shape index (κ1) is 14.3. The molecule has 0 aromatic heterocycles. The number of nitrogens with one attached hydrogen (secondary N) is 2. The van der Waals surface area contributed by atoms with Gasteiger partial charge in [-0.1, -0.05) is 17.7 Å². The van der Waals surface area contributed by atoms with E-state index in [0.717, 1.165) is 11.3 Å². The van der Waals surface area contributed by atoms with Gasteiger partial charge in [0.05, 0.1) is 0 Å². The van der Waals surface area contributed by atoms with Gasteiger partial charge in [-0.25, -0.2) is 4.39 Å². The van der Waals surface area contributed by atoms with Gasteiger partial charge in [0.15, 0.2) is 0 Å². The first-order valence-electron chi connectivity index (χ1n) is 6.09. The number of carbonyl (C=O) groups excluding carboxylic acids is 1. The second-order valence-corrected chi connectivity index (χ2v) is 4.73. The molecule has 0 bridgehead atoms. The van der Waals surface area contributed by atoms with Gasteiger partial charge < -0.3 is 10.6 Å². The molecule has 2 N–H and O–H groups in total. The van der Waals surface area contributed by atoms with Crippen molar-refractivity contribution in [2.75, 3.05) is 12.4 Å². The molecule has 5 heteroatoms. The zero-order valence-corrected chi connectivity index (χ0v) is 11.7. The Morgan fingerprint density at radius 1 is 1.25 bits per heavy atom. The van der Waals surface area contributed by atoms with Crippen LogP contribution in [0.4, 0.5) is 10.1 Å². The second kappa shape index (κ2) is 6.39. The van der Waals surface area contributed by atoms with Crippen molar-refractivity contribution < 1.29 is 9.18 Å². The van der Waals surface area contributed by atoms with Crippen LogP contribution in [0.15, 0.2) is 42.5 Å². The van der Waals surface area contributed by atoms with Crippen LogP contribution in [0, 0.1) is 5.82 Å². The lowest BCUT2D eigenvalue weighted by Crippen LogP contribution is -2.17. The highest BCUT2D eigenvalue weighted by molar-refractivity contribution is 6.30. The largest absolute Gasteiger partial charge is 0.381 e. The zero-order valence-electron chi connectivity index (χ0n) is 10.9. The molecular formula is C15H14ClFN2O. The quantitative estimate of drug-likeness (QED) is 0.906. The van der Waals surface area contributed by atoms with Crippen molar-refractivity contribution >= 4 is 23.2 Å². The number of anilines is 1. The van der Waals surface area contributed by atoms with Crippen LogP contribution in [0.1, 0.15) is 15.9 Å². The molecule has 1 amide bonds. The molecule has 0 aliphatic rings. The minimum Gasteiger partial charge on any atom is -0.381 e. The van der Waals surface area contributed by atoms with Crippen molar-refractivity contribution in [1.82, 2.24) is 5.32 Å². The molecule has 0 unspecified atom stereocenters. The van der Waals surface area contributed by atoms with Gasteiger partial charge in [-0.2, -0.15) is 0 Å². The maximum Gasteiger partial charge on any atom is 0.251 e. The Morgan fingerprint density at radius 2 is 2.05 bits per heavy atom. The molecular weight excluding hydrogens is 279 g/mol. The van der Waals surface area contributed by atoms with E-state index in [1.807, 2.05) is 6.07 Å². The van der Waals surface area contributed by atoms with Crippen molar-refractivity contribution in [1.29, 1.82) is 0 Å². The van der Waals surface area contributed by atoms with E-state index in [4.69, 9.17) is 11.6 Å². The number of rotatable bonds is 4. The van der Waals surface area contributed by atoms with Crippen molar-refractivity contribution in [2.24, 2.45) is 0 Å². The van der Waals surface area contributed by atoms with Crippen LogP contribution in [-0.4, -0.2) is 13.0 Å². The molecule has 0 radical (unpaired) electrons. The van der Waals surface area contributed by atoms with Gasteiger partial charge in [0.1, 0.15) is 5.82 Å². The minimum absolute atomic E-state index is 0.151. The molecule has 0 heterocycles. The fraction of sp³-hybridized carbons (Fsp3) is 0.133. The van der Waals surface area contributed by atoms with Crippen LogP contribution < -0.4 is 10.6 Å². The molecule has 104 valence electrons. The molecule has 3 nitrogen and oxygen atoms in total. The minimum atomic E-state index is -0.367. The summed E-state index contributed by atoms with van der Waals surface area (Å²) in [5, 5.41) is 6.05. The smallest absolute Gasteiger partial charge is 0.251 e. The maximum absolute atomic E-state index is 13.2. The molecule has 0 saturated heterocycles. The maximum atomic E-state index is 13.2. The Balaban J connectivity index is 2.09. The molecule has 0 spiro atoms. The number of amides is 1. The molecule has 0 aliphatic heterocycles. The third kappa shape index (κ3) is 3.71. The summed E-state index contributed by atoms with van der Waals surface area (Å²) >= 11 is 5.80. The predicted octanol–water partition coefficient (Wildman–Crippen LogP) is 3.45. The average Bonchev–Trinajstić information content (AvgIpc) is 2.43. The van der Waals surface area contributed by atoms with E-state index in [1.54, 1.807) is 31.3 Å². The van der Waals surface area contributed by atoms with Crippen molar-refractivity contribution in [3.05, 3.63) is 64.4 Å². The van der Waals surface area contributed by atoms with Crippen LogP contribution in [0.5, 0.6) is 0 Å². The number of hydrogen-bond donors (Lipinski definition) is 2. The first-order valence-corrected chi connectivity index (χ1v) is 6.47. The highest BCUT2D eigenvalue weighted by atomic mass is 35.5. The summed E-state index contributed by atoms with van der Waals surface area (Å²) in [4.78, 5) is 11.5. The molecule has 2 rings (SSSR count). The van der Waals surface area contributed by atoms with Crippen LogP contribution in [0.2, 0.25) is 5.02 Å². The Labute approximate surface area is 121 Å². The van der Waals surface area contributed by atoms with Gasteiger partial charge in [0.2, 0.25) is 0 Å². The predicted molar refractivity (Wildman–Crippen MR) is 78.6 cm³/mol. The van der Waals surface area contributed by atoms with Crippen molar-refractivity contribution in [3.8, 4) is 0 Å². The van der Waals surface area contributed by atoms with Crippen molar-refractivity contribution in [3.63, 3.8) is 0 Å². The molecule has 2 aromatic rings. The third-order valence-electron chi connectivity index (χ3n) is 2.77. The van der Waals surface area contributed by atoms with E-state index in [-0.39, 0.29) is 11.7 Å². The lowest BCUT2D eigenvalue weighted by Gasteiger charge is -2.08. The average molecular weight is 293 g/mol. The topological polar surface area (TPSA) is 41.1 Å². The highest BCUT2D eigenvalue weighted by Crippen LogP contribution is 2.16. The lowest BCUT2D eigenvalue weighted by atomic mass is 10.1. The first-order chi connectivity index (χ1) is 9.58. The summed E-state index contributed by atoms with van der Waals surface area (Å²) in [7, 11) is 1.58. The van der Waals surface area contributed by atoms with Crippen LogP contribution in [-0.2, 0) is 6.54 Å². The summed E-state index contributed by atoms with van der Waals surface area (Å²) in [5.74, 6) is -0.518. The van der Waals surface area contributed by atoms with Gasteiger partial charge in [-0.3, -0.25) is 4.79 Å². The fourth-order valence-corrected chi connectivity index (χ4v) is 2.08. The van der Waals surface area contributed by atoms with Gasteiger partial charge in [-0.05, 0) is 42.0 Å². The lowest BCUT2D eigenvalue weighted by molar-refractivity contribution is 0.0963. The van der Waals surface area contributed by atoms with E-state index in [0.29, 0.717) is 17.1 Å². The molecule has 0 atom stereocenters. The standard InChI is InChI=1S/C15H14ClFN2O/c1-18-15(20)11-3-2-4-14(7-11)19-9-10-5-12(16)8-13(17)6-10/h2-8,19H,9H2,1H3,(H,18,20). The Bertz CT molecular complexity index is 611. The van der Waals surface area contributed by atoms with Crippen LogP contribution in [0.3, 0.4) is 0 Å². The van der Waals surface area contributed by atoms with E-state index in [9.17, 15) is 9.18 Å².